The van der Waals surface area contributed by atoms with Crippen molar-refractivity contribution in [1.29, 1.82) is 0 Å². The number of nitrogens with one attached hydrogen (secondary N) is 2. The van der Waals surface area contributed by atoms with Gasteiger partial charge in [0.1, 0.15) is 17.8 Å². The molecular formula is C17H15BrFN5. The van der Waals surface area contributed by atoms with Crippen molar-refractivity contribution in [2.45, 2.75) is 6.54 Å². The van der Waals surface area contributed by atoms with E-state index >= 15 is 0 Å². The lowest BCUT2D eigenvalue weighted by molar-refractivity contribution is 0.627. The molecule has 5 nitrogen and oxygen atoms in total. The molecule has 0 bridgehead atoms. The zero-order valence-corrected chi connectivity index (χ0v) is 14.2. The normalized spacial score (nSPS) is 10.4. The van der Waals surface area contributed by atoms with E-state index in [-0.39, 0.29) is 5.82 Å². The molecule has 4 N–H and O–H groups in total. The first kappa shape index (κ1) is 16.2. The van der Waals surface area contributed by atoms with Gasteiger partial charge in [-0.1, -0.05) is 34.1 Å². The Labute approximate surface area is 147 Å². The average Bonchev–Trinajstić information content (AvgIpc) is 2.57. The van der Waals surface area contributed by atoms with Gasteiger partial charge in [0.15, 0.2) is 11.6 Å². The average molecular weight is 388 g/mol. The first-order valence-corrected chi connectivity index (χ1v) is 8.02. The van der Waals surface area contributed by atoms with E-state index in [9.17, 15) is 4.39 Å². The van der Waals surface area contributed by atoms with Gasteiger partial charge in [-0.3, -0.25) is 0 Å². The van der Waals surface area contributed by atoms with Crippen LogP contribution in [-0.2, 0) is 6.54 Å². The van der Waals surface area contributed by atoms with Gasteiger partial charge >= 0.3 is 0 Å². The number of hydrogen-bond donors (Lipinski definition) is 3. The van der Waals surface area contributed by atoms with Crippen LogP contribution in [-0.4, -0.2) is 9.97 Å². The van der Waals surface area contributed by atoms with E-state index in [1.807, 2.05) is 24.3 Å². The van der Waals surface area contributed by atoms with Crippen LogP contribution in [0.3, 0.4) is 0 Å². The van der Waals surface area contributed by atoms with Gasteiger partial charge in [-0.05, 0) is 35.9 Å². The molecule has 0 aliphatic heterocycles. The van der Waals surface area contributed by atoms with Gasteiger partial charge in [-0.15, -0.1) is 0 Å². The second-order valence-corrected chi connectivity index (χ2v) is 6.02. The third kappa shape index (κ3) is 3.99. The third-order valence-corrected chi connectivity index (χ3v) is 3.84. The number of hydrogen-bond acceptors (Lipinski definition) is 5. The smallest absolute Gasteiger partial charge is 0.159 e. The Kier molecular flexibility index (Phi) is 4.90. The molecule has 3 aromatic rings. The Morgan fingerprint density at radius 1 is 1.04 bits per heavy atom. The molecule has 0 atom stereocenters. The Bertz CT molecular complexity index is 839. The number of nitrogen functional groups attached to an aromatic ring is 1. The number of aromatic nitrogens is 2. The molecule has 7 heteroatoms. The maximum atomic E-state index is 12.9. The predicted octanol–water partition coefficient (Wildman–Crippen LogP) is 4.32. The minimum absolute atomic E-state index is 0.263. The predicted molar refractivity (Wildman–Crippen MR) is 97.6 cm³/mol. The maximum Gasteiger partial charge on any atom is 0.159 e. The van der Waals surface area contributed by atoms with Crippen molar-refractivity contribution in [2.24, 2.45) is 0 Å². The number of benzene rings is 2. The Morgan fingerprint density at radius 2 is 1.79 bits per heavy atom. The molecule has 122 valence electrons. The molecule has 0 saturated heterocycles. The quantitative estimate of drug-likeness (QED) is 0.607. The SMILES string of the molecule is Nc1c(NCc2ccc(F)cc2)ncnc1Nc1cccc(Br)c1. The van der Waals surface area contributed by atoms with E-state index in [0.29, 0.717) is 23.9 Å². The van der Waals surface area contributed by atoms with Crippen molar-refractivity contribution >= 4 is 38.9 Å². The molecule has 1 heterocycles. The Hall–Kier alpha value is -2.67. The second-order valence-electron chi connectivity index (χ2n) is 5.10. The van der Waals surface area contributed by atoms with Crippen LogP contribution in [0.4, 0.5) is 27.4 Å². The molecule has 3 rings (SSSR count). The van der Waals surface area contributed by atoms with Gasteiger partial charge in [0, 0.05) is 16.7 Å². The zero-order chi connectivity index (χ0) is 16.9. The van der Waals surface area contributed by atoms with E-state index < -0.39 is 0 Å². The molecule has 0 amide bonds. The summed E-state index contributed by atoms with van der Waals surface area (Å²) in [6, 6.07) is 13.9. The van der Waals surface area contributed by atoms with Crippen LogP contribution in [0.1, 0.15) is 5.56 Å². The highest BCUT2D eigenvalue weighted by molar-refractivity contribution is 9.10. The Morgan fingerprint density at radius 3 is 2.54 bits per heavy atom. The summed E-state index contributed by atoms with van der Waals surface area (Å²) in [5.74, 6) is 0.775. The fraction of sp³-hybridized carbons (Fsp3) is 0.0588. The number of anilines is 4. The van der Waals surface area contributed by atoms with Crippen LogP contribution < -0.4 is 16.4 Å². The molecule has 0 fully saturated rings. The lowest BCUT2D eigenvalue weighted by Crippen LogP contribution is -2.08. The molecule has 0 radical (unpaired) electrons. The first-order chi connectivity index (χ1) is 11.6. The van der Waals surface area contributed by atoms with Crippen LogP contribution in [0.2, 0.25) is 0 Å². The van der Waals surface area contributed by atoms with Crippen molar-refractivity contribution in [1.82, 2.24) is 9.97 Å². The standard InChI is InChI=1S/C17H15BrFN5/c18-12-2-1-3-14(8-12)24-17-15(20)16(22-10-23-17)21-9-11-4-6-13(19)7-5-11/h1-8,10H,9,20H2,(H2,21,22,23,24). The molecule has 24 heavy (non-hydrogen) atoms. The summed E-state index contributed by atoms with van der Waals surface area (Å²) in [4.78, 5) is 8.34. The summed E-state index contributed by atoms with van der Waals surface area (Å²) in [6.07, 6.45) is 1.43. The van der Waals surface area contributed by atoms with E-state index in [2.05, 4.69) is 36.5 Å². The van der Waals surface area contributed by atoms with Crippen LogP contribution in [0.5, 0.6) is 0 Å². The maximum absolute atomic E-state index is 12.9. The molecule has 0 spiro atoms. The molecular weight excluding hydrogens is 373 g/mol. The molecule has 1 aromatic heterocycles. The van der Waals surface area contributed by atoms with Gasteiger partial charge in [0.05, 0.1) is 0 Å². The summed E-state index contributed by atoms with van der Waals surface area (Å²) < 4.78 is 13.9. The van der Waals surface area contributed by atoms with E-state index in [1.54, 1.807) is 12.1 Å². The second kappa shape index (κ2) is 7.27. The molecule has 0 aliphatic rings. The van der Waals surface area contributed by atoms with Crippen LogP contribution in [0.25, 0.3) is 0 Å². The molecule has 0 aliphatic carbocycles. The lowest BCUT2D eigenvalue weighted by atomic mass is 10.2. The van der Waals surface area contributed by atoms with E-state index in [4.69, 9.17) is 5.73 Å². The highest BCUT2D eigenvalue weighted by atomic mass is 79.9. The van der Waals surface area contributed by atoms with Gasteiger partial charge in [-0.2, -0.15) is 0 Å². The third-order valence-electron chi connectivity index (χ3n) is 3.34. The van der Waals surface area contributed by atoms with Crippen molar-refractivity contribution in [3.63, 3.8) is 0 Å². The van der Waals surface area contributed by atoms with Gasteiger partial charge < -0.3 is 16.4 Å². The van der Waals surface area contributed by atoms with Crippen LogP contribution in [0.15, 0.2) is 59.3 Å². The highest BCUT2D eigenvalue weighted by Crippen LogP contribution is 2.27. The van der Waals surface area contributed by atoms with Crippen molar-refractivity contribution in [2.75, 3.05) is 16.4 Å². The molecule has 0 saturated carbocycles. The summed E-state index contributed by atoms with van der Waals surface area (Å²) in [6.45, 7) is 0.484. The summed E-state index contributed by atoms with van der Waals surface area (Å²) in [5.41, 5.74) is 8.34. The number of nitrogens with zero attached hydrogens (tertiary/aromatic N) is 2. The van der Waals surface area contributed by atoms with Crippen LogP contribution >= 0.6 is 15.9 Å². The fourth-order valence-corrected chi connectivity index (χ4v) is 2.53. The number of rotatable bonds is 5. The van der Waals surface area contributed by atoms with E-state index in [0.717, 1.165) is 15.7 Å². The van der Waals surface area contributed by atoms with Gasteiger partial charge in [-0.25, -0.2) is 14.4 Å². The first-order valence-electron chi connectivity index (χ1n) is 7.23. The monoisotopic (exact) mass is 387 g/mol. The molecule has 0 unspecified atom stereocenters. The minimum atomic E-state index is -0.263. The van der Waals surface area contributed by atoms with Gasteiger partial charge in [0.2, 0.25) is 0 Å². The van der Waals surface area contributed by atoms with Gasteiger partial charge in [0.25, 0.3) is 0 Å². The largest absolute Gasteiger partial charge is 0.393 e. The molecule has 2 aromatic carbocycles. The summed E-state index contributed by atoms with van der Waals surface area (Å²) in [5, 5.41) is 6.30. The highest BCUT2D eigenvalue weighted by Gasteiger charge is 2.08. The Balaban J connectivity index is 1.74. The van der Waals surface area contributed by atoms with Crippen LogP contribution in [0, 0.1) is 5.82 Å². The lowest BCUT2D eigenvalue weighted by Gasteiger charge is -2.12. The minimum Gasteiger partial charge on any atom is -0.393 e. The fourth-order valence-electron chi connectivity index (χ4n) is 2.13. The van der Waals surface area contributed by atoms with Crippen molar-refractivity contribution in [3.05, 3.63) is 70.7 Å². The van der Waals surface area contributed by atoms with Crippen molar-refractivity contribution < 1.29 is 4.39 Å². The summed E-state index contributed by atoms with van der Waals surface area (Å²) >= 11 is 3.42. The zero-order valence-electron chi connectivity index (χ0n) is 12.6. The topological polar surface area (TPSA) is 75.9 Å². The number of nitrogens with two attached hydrogens (primary N) is 1. The summed E-state index contributed by atoms with van der Waals surface area (Å²) in [7, 11) is 0. The number of halogens is 2. The van der Waals surface area contributed by atoms with E-state index in [1.165, 1.54) is 18.5 Å². The van der Waals surface area contributed by atoms with Crippen molar-refractivity contribution in [3.8, 4) is 0 Å².